The molecule has 5 nitrogen and oxygen atoms in total. The first-order valence-electron chi connectivity index (χ1n) is 12.3. The van der Waals surface area contributed by atoms with Crippen molar-refractivity contribution in [3.8, 4) is 0 Å². The second kappa shape index (κ2) is 6.88. The summed E-state index contributed by atoms with van der Waals surface area (Å²) in [6.45, 7) is 8.99. The fourth-order valence-corrected chi connectivity index (χ4v) is 8.74. The van der Waals surface area contributed by atoms with Crippen LogP contribution in [0.5, 0.6) is 0 Å². The maximum Gasteiger partial charge on any atom is 0.160 e. The molecule has 4 aliphatic carbocycles. The molecule has 30 heavy (non-hydrogen) atoms. The summed E-state index contributed by atoms with van der Waals surface area (Å²) >= 11 is 0. The maximum absolute atomic E-state index is 13.5. The van der Waals surface area contributed by atoms with Crippen LogP contribution in [0, 0.1) is 40.4 Å². The summed E-state index contributed by atoms with van der Waals surface area (Å²) in [4.78, 5) is 13.5. The molecule has 0 unspecified atom stereocenters. The molecule has 5 rings (SSSR count). The zero-order chi connectivity index (χ0) is 21.3. The van der Waals surface area contributed by atoms with Gasteiger partial charge in [0.15, 0.2) is 5.78 Å². The number of nitrogens with zero attached hydrogens (tertiary/aromatic N) is 3. The van der Waals surface area contributed by atoms with Crippen molar-refractivity contribution in [1.82, 2.24) is 15.0 Å². The second-order valence-corrected chi connectivity index (χ2v) is 12.0. The van der Waals surface area contributed by atoms with E-state index in [4.69, 9.17) is 0 Å². The number of carbonyl (C=O) groups excluding carboxylic acids is 1. The Labute approximate surface area is 181 Å². The average molecular weight is 414 g/mol. The number of Topliss-reactive ketones (excluding diaryl/α,β-unsaturated/α-hetero) is 1. The van der Waals surface area contributed by atoms with Crippen LogP contribution in [-0.2, 0) is 4.79 Å². The summed E-state index contributed by atoms with van der Waals surface area (Å²) in [5.74, 6) is 3.38. The Balaban J connectivity index is 1.37. The zero-order valence-electron chi connectivity index (χ0n) is 19.2. The maximum atomic E-state index is 13.5. The van der Waals surface area contributed by atoms with Crippen LogP contribution in [0.2, 0.25) is 0 Å². The van der Waals surface area contributed by atoms with E-state index in [0.717, 1.165) is 31.1 Å². The summed E-state index contributed by atoms with van der Waals surface area (Å²) < 4.78 is 1.73. The topological polar surface area (TPSA) is 68.0 Å². The summed E-state index contributed by atoms with van der Waals surface area (Å²) in [5.41, 5.74) is 0.0433. The van der Waals surface area contributed by atoms with Crippen molar-refractivity contribution in [3.05, 3.63) is 12.4 Å². The minimum absolute atomic E-state index is 0.135. The molecule has 166 valence electrons. The molecule has 0 spiro atoms. The van der Waals surface area contributed by atoms with Gasteiger partial charge in [-0.25, -0.2) is 4.68 Å². The predicted octanol–water partition coefficient (Wildman–Crippen LogP) is 4.82. The third-order valence-corrected chi connectivity index (χ3v) is 10.5. The molecule has 1 heterocycles. The minimum Gasteiger partial charge on any atom is -0.390 e. The van der Waals surface area contributed by atoms with Crippen LogP contribution >= 0.6 is 0 Å². The van der Waals surface area contributed by atoms with E-state index >= 15 is 0 Å². The Bertz CT molecular complexity index is 805. The van der Waals surface area contributed by atoms with Gasteiger partial charge in [-0.1, -0.05) is 19.1 Å². The number of hydrogen-bond donors (Lipinski definition) is 1. The van der Waals surface area contributed by atoms with Crippen LogP contribution in [0.15, 0.2) is 12.4 Å². The number of carbonyl (C=O) groups is 1. The van der Waals surface area contributed by atoms with Crippen LogP contribution < -0.4 is 0 Å². The number of rotatable bonds is 3. The van der Waals surface area contributed by atoms with Crippen molar-refractivity contribution in [3.63, 3.8) is 0 Å². The summed E-state index contributed by atoms with van der Waals surface area (Å²) in [7, 11) is 0. The Morgan fingerprint density at radius 3 is 2.53 bits per heavy atom. The lowest BCUT2D eigenvalue weighted by Gasteiger charge is -2.61. The van der Waals surface area contributed by atoms with Crippen molar-refractivity contribution in [2.45, 2.75) is 97.1 Å². The van der Waals surface area contributed by atoms with Crippen LogP contribution in [0.1, 0.15) is 91.5 Å². The quantitative estimate of drug-likeness (QED) is 0.771. The zero-order valence-corrected chi connectivity index (χ0v) is 19.2. The largest absolute Gasteiger partial charge is 0.390 e. The molecule has 1 aromatic rings. The molecule has 4 aliphatic rings. The van der Waals surface area contributed by atoms with Gasteiger partial charge < -0.3 is 5.11 Å². The van der Waals surface area contributed by atoms with Gasteiger partial charge in [-0.2, -0.15) is 0 Å². The van der Waals surface area contributed by atoms with Crippen molar-refractivity contribution < 1.29 is 9.90 Å². The monoisotopic (exact) mass is 413 g/mol. The third kappa shape index (κ3) is 2.94. The number of ketones is 1. The highest BCUT2D eigenvalue weighted by Crippen LogP contribution is 2.68. The highest BCUT2D eigenvalue weighted by atomic mass is 16.3. The predicted molar refractivity (Wildman–Crippen MR) is 116 cm³/mol. The normalized spacial score (nSPS) is 49.0. The van der Waals surface area contributed by atoms with Crippen molar-refractivity contribution in [1.29, 1.82) is 0 Å². The van der Waals surface area contributed by atoms with Crippen molar-refractivity contribution in [2.24, 2.45) is 40.4 Å². The highest BCUT2D eigenvalue weighted by molar-refractivity contribution is 5.85. The number of aromatic nitrogens is 3. The van der Waals surface area contributed by atoms with Gasteiger partial charge in [-0.15, -0.1) is 5.10 Å². The SMILES string of the molecule is C[C@@H](C(=O)[C@H]1CC[C@H]2[C@@H]3CC[C@H]4C[C@](C)(O)CC[C@]4(C)[C@H]3CC[C@]12C)n1ccnn1. The molecule has 4 fully saturated rings. The number of hydrogen-bond acceptors (Lipinski definition) is 4. The molecule has 0 aromatic carbocycles. The Morgan fingerprint density at radius 1 is 1.03 bits per heavy atom. The van der Waals surface area contributed by atoms with E-state index in [-0.39, 0.29) is 17.4 Å². The van der Waals surface area contributed by atoms with Crippen LogP contribution in [0.4, 0.5) is 0 Å². The number of aliphatic hydroxyl groups is 1. The second-order valence-electron chi connectivity index (χ2n) is 12.0. The molecule has 0 saturated heterocycles. The molecule has 4 saturated carbocycles. The molecule has 0 radical (unpaired) electrons. The van der Waals surface area contributed by atoms with Crippen LogP contribution in [0.25, 0.3) is 0 Å². The molecule has 1 aromatic heterocycles. The Kier molecular flexibility index (Phi) is 4.74. The lowest BCUT2D eigenvalue weighted by molar-refractivity contribution is -0.151. The van der Waals surface area contributed by atoms with Crippen molar-refractivity contribution >= 4 is 5.78 Å². The van der Waals surface area contributed by atoms with Crippen molar-refractivity contribution in [2.75, 3.05) is 0 Å². The molecule has 0 bridgehead atoms. The third-order valence-electron chi connectivity index (χ3n) is 10.5. The van der Waals surface area contributed by atoms with Gasteiger partial charge in [0.1, 0.15) is 6.04 Å². The molecule has 0 amide bonds. The van der Waals surface area contributed by atoms with E-state index in [1.54, 1.807) is 10.9 Å². The molecule has 5 heteroatoms. The Hall–Kier alpha value is -1.23. The lowest BCUT2D eigenvalue weighted by atomic mass is 9.44. The molecule has 0 aliphatic heterocycles. The fraction of sp³-hybridized carbons (Fsp3) is 0.880. The number of fused-ring (bicyclic) bond motifs is 5. The summed E-state index contributed by atoms with van der Waals surface area (Å²) in [6.07, 6.45) is 13.8. The van der Waals surface area contributed by atoms with Gasteiger partial charge in [0.05, 0.1) is 11.8 Å². The molecular weight excluding hydrogens is 374 g/mol. The van der Waals surface area contributed by atoms with E-state index < -0.39 is 5.60 Å². The average Bonchev–Trinajstić information content (AvgIpc) is 3.35. The Morgan fingerprint density at radius 2 is 1.80 bits per heavy atom. The van der Waals surface area contributed by atoms with E-state index in [2.05, 4.69) is 24.2 Å². The standard InChI is InChI=1S/C25H39N3O2/c1-16(28-14-13-26-27-28)22(29)21-8-7-19-18-6-5-17-15-23(2,30)11-12-24(17,3)20(18)9-10-25(19,21)4/h13-14,16-21,30H,5-12,15H2,1-4H3/t16-,17-,18-,19-,20-,21+,23+,24-,25-/m0/s1. The van der Waals surface area contributed by atoms with Gasteiger partial charge in [0, 0.05) is 12.1 Å². The van der Waals surface area contributed by atoms with Crippen LogP contribution in [-0.4, -0.2) is 31.5 Å². The van der Waals surface area contributed by atoms with Gasteiger partial charge in [0.2, 0.25) is 0 Å². The minimum atomic E-state index is -0.470. The summed E-state index contributed by atoms with van der Waals surface area (Å²) in [6, 6.07) is -0.223. The van der Waals surface area contributed by atoms with E-state index in [9.17, 15) is 9.90 Å². The first-order valence-corrected chi connectivity index (χ1v) is 12.3. The van der Waals surface area contributed by atoms with Gasteiger partial charge in [0.25, 0.3) is 0 Å². The highest BCUT2D eigenvalue weighted by Gasteiger charge is 2.62. The smallest absolute Gasteiger partial charge is 0.160 e. The lowest BCUT2D eigenvalue weighted by Crippen LogP contribution is -2.55. The molecule has 1 N–H and O–H groups in total. The van der Waals surface area contributed by atoms with Crippen LogP contribution in [0.3, 0.4) is 0 Å². The van der Waals surface area contributed by atoms with Gasteiger partial charge in [-0.3, -0.25) is 4.79 Å². The van der Waals surface area contributed by atoms with E-state index in [1.807, 2.05) is 20.0 Å². The molecular formula is C25H39N3O2. The van der Waals surface area contributed by atoms with Gasteiger partial charge >= 0.3 is 0 Å². The van der Waals surface area contributed by atoms with Gasteiger partial charge in [-0.05, 0) is 106 Å². The molecule has 9 atom stereocenters. The fourth-order valence-electron chi connectivity index (χ4n) is 8.74. The summed E-state index contributed by atoms with van der Waals surface area (Å²) in [5, 5.41) is 18.7. The first-order chi connectivity index (χ1) is 14.2. The van der Waals surface area contributed by atoms with E-state index in [1.165, 1.54) is 38.5 Å². The first kappa shape index (κ1) is 20.7. The van der Waals surface area contributed by atoms with E-state index in [0.29, 0.717) is 23.0 Å².